The fourth-order valence-corrected chi connectivity index (χ4v) is 6.41. The van der Waals surface area contributed by atoms with E-state index in [1.165, 1.54) is 0 Å². The molecule has 3 aromatic rings. The van der Waals surface area contributed by atoms with Gasteiger partial charge in [-0.1, -0.05) is 48.5 Å². The van der Waals surface area contributed by atoms with Crippen molar-refractivity contribution in [2.45, 2.75) is 43.4 Å². The molecule has 2 bridgehead atoms. The number of rotatable bonds is 5. The van der Waals surface area contributed by atoms with Gasteiger partial charge in [0, 0.05) is 18.3 Å². The van der Waals surface area contributed by atoms with Gasteiger partial charge in [0.2, 0.25) is 0 Å². The number of hydrogen-bond acceptors (Lipinski definition) is 4. The van der Waals surface area contributed by atoms with Gasteiger partial charge in [0.15, 0.2) is 0 Å². The van der Waals surface area contributed by atoms with Gasteiger partial charge in [0.25, 0.3) is 0 Å². The van der Waals surface area contributed by atoms with Crippen LogP contribution in [0.15, 0.2) is 66.7 Å². The van der Waals surface area contributed by atoms with Gasteiger partial charge in [-0.25, -0.2) is 9.18 Å². The van der Waals surface area contributed by atoms with E-state index in [2.05, 4.69) is 12.1 Å². The molecule has 0 spiro atoms. The maximum atomic E-state index is 13.8. The van der Waals surface area contributed by atoms with E-state index >= 15 is 0 Å². The largest absolute Gasteiger partial charge is 0.448 e. The Morgan fingerprint density at radius 3 is 2.10 bits per heavy atom. The molecule has 0 radical (unpaired) electrons. The number of carbonyl (C=O) groups excluding carboxylic acids is 2. The summed E-state index contributed by atoms with van der Waals surface area (Å²) in [6.07, 6.45) is -4.87. The van der Waals surface area contributed by atoms with Crippen molar-refractivity contribution < 1.29 is 36.6 Å². The molecule has 1 aliphatic carbocycles. The van der Waals surface area contributed by atoms with Crippen LogP contribution in [0.3, 0.4) is 0 Å². The van der Waals surface area contributed by atoms with Crippen molar-refractivity contribution in [1.29, 1.82) is 0 Å². The Hall–Kier alpha value is -3.72. The zero-order chi connectivity index (χ0) is 28.0. The smallest absolute Gasteiger partial charge is 0.416 e. The number of nitrogens with zero attached hydrogens (tertiary/aromatic N) is 1. The number of Topliss-reactive ketones (excluding diaryl/α,β-unsaturated/α-hetero) is 1. The summed E-state index contributed by atoms with van der Waals surface area (Å²) in [5.41, 5.74) is 3.34. The fraction of sp³-hybridized carbons (Fsp3) is 0.355. The van der Waals surface area contributed by atoms with Crippen LogP contribution in [0.1, 0.15) is 41.0 Å². The lowest BCUT2D eigenvalue weighted by Gasteiger charge is -2.47. The minimum Gasteiger partial charge on any atom is -0.448 e. The van der Waals surface area contributed by atoms with Crippen LogP contribution in [0.4, 0.5) is 22.4 Å². The molecule has 2 heterocycles. The first-order chi connectivity index (χ1) is 19.2. The van der Waals surface area contributed by atoms with Crippen molar-refractivity contribution in [2.75, 3.05) is 19.8 Å². The van der Waals surface area contributed by atoms with Crippen LogP contribution in [-0.4, -0.2) is 48.7 Å². The minimum atomic E-state index is -4.71. The third kappa shape index (κ3) is 4.98. The molecule has 2 saturated heterocycles. The molecule has 6 rings (SSSR count). The Morgan fingerprint density at radius 2 is 1.50 bits per heavy atom. The van der Waals surface area contributed by atoms with Gasteiger partial charge in [0.05, 0.1) is 30.9 Å². The lowest BCUT2D eigenvalue weighted by atomic mass is 9.81. The Morgan fingerprint density at radius 1 is 0.900 bits per heavy atom. The van der Waals surface area contributed by atoms with Crippen molar-refractivity contribution in [2.24, 2.45) is 5.92 Å². The first-order valence-electron chi connectivity index (χ1n) is 13.3. The van der Waals surface area contributed by atoms with E-state index in [4.69, 9.17) is 9.47 Å². The molecule has 2 atom stereocenters. The van der Waals surface area contributed by atoms with Gasteiger partial charge in [-0.3, -0.25) is 9.69 Å². The minimum absolute atomic E-state index is 0.0160. The molecule has 1 amide bonds. The number of amides is 1. The molecule has 3 aliphatic rings. The third-order valence-corrected chi connectivity index (χ3v) is 8.19. The first-order valence-corrected chi connectivity index (χ1v) is 13.3. The van der Waals surface area contributed by atoms with Gasteiger partial charge in [-0.15, -0.1) is 0 Å². The number of halogens is 4. The molecule has 3 aromatic carbocycles. The van der Waals surface area contributed by atoms with Gasteiger partial charge in [-0.2, -0.15) is 13.2 Å². The summed E-state index contributed by atoms with van der Waals surface area (Å²) in [5.74, 6) is -1.87. The van der Waals surface area contributed by atoms with E-state index < -0.39 is 41.7 Å². The average molecular weight is 554 g/mol. The highest BCUT2D eigenvalue weighted by atomic mass is 19.4. The molecule has 5 nitrogen and oxygen atoms in total. The molecule has 2 unspecified atom stereocenters. The highest BCUT2D eigenvalue weighted by molar-refractivity contribution is 5.84. The number of alkyl halides is 3. The summed E-state index contributed by atoms with van der Waals surface area (Å²) in [6.45, 7) is 0.651. The van der Waals surface area contributed by atoms with Gasteiger partial charge in [0.1, 0.15) is 18.2 Å². The predicted molar refractivity (Wildman–Crippen MR) is 138 cm³/mol. The van der Waals surface area contributed by atoms with Crippen LogP contribution in [0.5, 0.6) is 0 Å². The van der Waals surface area contributed by atoms with Crippen LogP contribution < -0.4 is 0 Å². The normalized spacial score (nSPS) is 22.0. The lowest BCUT2D eigenvalue weighted by Crippen LogP contribution is -2.60. The molecule has 208 valence electrons. The van der Waals surface area contributed by atoms with E-state index in [-0.39, 0.29) is 43.5 Å². The average Bonchev–Trinajstić information content (AvgIpc) is 3.24. The SMILES string of the molecule is O=C(Cc1cc(F)cc(C(F)(F)F)c1)C1CC2COCC(C1)N2C(=O)OCC1c2ccccc2-c2ccccc21. The topological polar surface area (TPSA) is 55.8 Å². The third-order valence-electron chi connectivity index (χ3n) is 8.19. The number of ether oxygens (including phenoxy) is 2. The number of benzene rings is 3. The van der Waals surface area contributed by atoms with E-state index in [9.17, 15) is 27.2 Å². The summed E-state index contributed by atoms with van der Waals surface area (Å²) in [5, 5.41) is 0. The van der Waals surface area contributed by atoms with E-state index in [1.54, 1.807) is 4.90 Å². The summed E-state index contributed by atoms with van der Waals surface area (Å²) in [6, 6.07) is 17.5. The van der Waals surface area contributed by atoms with Crippen molar-refractivity contribution >= 4 is 11.9 Å². The first kappa shape index (κ1) is 26.5. The Labute approximate surface area is 228 Å². The molecular formula is C31H27F4NO4. The van der Waals surface area contributed by atoms with Crippen LogP contribution in [0.25, 0.3) is 11.1 Å². The van der Waals surface area contributed by atoms with Crippen LogP contribution in [-0.2, 0) is 26.9 Å². The molecule has 0 N–H and O–H groups in total. The lowest BCUT2D eigenvalue weighted by molar-refractivity contribution is -0.138. The second kappa shape index (κ2) is 10.4. The van der Waals surface area contributed by atoms with Crippen LogP contribution in [0, 0.1) is 11.7 Å². The number of hydrogen-bond donors (Lipinski definition) is 0. The predicted octanol–water partition coefficient (Wildman–Crippen LogP) is 6.38. The summed E-state index contributed by atoms with van der Waals surface area (Å²) in [4.78, 5) is 28.1. The fourth-order valence-electron chi connectivity index (χ4n) is 6.41. The summed E-state index contributed by atoms with van der Waals surface area (Å²) < 4.78 is 64.7. The second-order valence-electron chi connectivity index (χ2n) is 10.7. The molecular weight excluding hydrogens is 526 g/mol. The molecule has 40 heavy (non-hydrogen) atoms. The monoisotopic (exact) mass is 553 g/mol. The zero-order valence-corrected chi connectivity index (χ0v) is 21.5. The second-order valence-corrected chi connectivity index (χ2v) is 10.7. The number of piperidine rings is 1. The Kier molecular flexibility index (Phi) is 6.86. The number of ketones is 1. The van der Waals surface area contributed by atoms with Crippen molar-refractivity contribution in [1.82, 2.24) is 4.90 Å². The van der Waals surface area contributed by atoms with Crippen LogP contribution >= 0.6 is 0 Å². The standard InChI is InChI=1S/C31H27F4NO4/c32-21-10-18(9-20(14-21)31(33,34)35)11-29(37)19-12-22-15-39-16-23(13-19)36(22)30(38)40-17-28-26-7-3-1-5-24(26)25-6-2-4-8-27(25)28/h1-10,14,19,22-23,28H,11-13,15-17H2. The van der Waals surface area contributed by atoms with Crippen molar-refractivity contribution in [3.8, 4) is 11.1 Å². The Bertz CT molecular complexity index is 1400. The van der Waals surface area contributed by atoms with Gasteiger partial charge >= 0.3 is 12.3 Å². The van der Waals surface area contributed by atoms with E-state index in [0.29, 0.717) is 18.9 Å². The molecule has 9 heteroatoms. The molecule has 2 fully saturated rings. The zero-order valence-electron chi connectivity index (χ0n) is 21.5. The maximum absolute atomic E-state index is 13.8. The number of morpholine rings is 1. The van der Waals surface area contributed by atoms with E-state index in [0.717, 1.165) is 34.4 Å². The van der Waals surface area contributed by atoms with Crippen molar-refractivity contribution in [3.63, 3.8) is 0 Å². The number of carbonyl (C=O) groups is 2. The van der Waals surface area contributed by atoms with E-state index in [1.807, 2.05) is 36.4 Å². The number of fused-ring (bicyclic) bond motifs is 5. The van der Waals surface area contributed by atoms with Crippen LogP contribution in [0.2, 0.25) is 0 Å². The van der Waals surface area contributed by atoms with Crippen molar-refractivity contribution in [3.05, 3.63) is 94.8 Å². The summed E-state index contributed by atoms with van der Waals surface area (Å²) in [7, 11) is 0. The Balaban J connectivity index is 1.13. The highest BCUT2D eigenvalue weighted by Gasteiger charge is 2.45. The maximum Gasteiger partial charge on any atom is 0.416 e. The van der Waals surface area contributed by atoms with Gasteiger partial charge in [-0.05, 0) is 58.9 Å². The molecule has 2 aliphatic heterocycles. The quantitative estimate of drug-likeness (QED) is 0.344. The molecule has 0 aromatic heterocycles. The van der Waals surface area contributed by atoms with Gasteiger partial charge < -0.3 is 9.47 Å². The summed E-state index contributed by atoms with van der Waals surface area (Å²) >= 11 is 0. The molecule has 0 saturated carbocycles. The highest BCUT2D eigenvalue weighted by Crippen LogP contribution is 2.45.